The summed E-state index contributed by atoms with van der Waals surface area (Å²) in [5.74, 6) is -0.111. The van der Waals surface area contributed by atoms with E-state index < -0.39 is 17.2 Å². The molecule has 0 aliphatic carbocycles. The summed E-state index contributed by atoms with van der Waals surface area (Å²) >= 11 is 6.27. The number of hydrogen-bond donors (Lipinski definition) is 0. The number of rotatable bonds is 0. The fourth-order valence-electron chi connectivity index (χ4n) is 6.53. The molecule has 0 spiro atoms. The third-order valence-electron chi connectivity index (χ3n) is 9.31. The van der Waals surface area contributed by atoms with Crippen LogP contribution in [-0.4, -0.2) is 0 Å². The molecule has 0 aliphatic rings. The van der Waals surface area contributed by atoms with E-state index in [9.17, 15) is 17.6 Å². The number of alkyl halides is 3. The first-order valence-corrected chi connectivity index (χ1v) is 19.2. The molecule has 0 saturated heterocycles. The molecule has 55 heavy (non-hydrogen) atoms. The highest BCUT2D eigenvalue weighted by Gasteiger charge is 2.35. The molecule has 0 heterocycles. The first-order valence-electron chi connectivity index (χ1n) is 18.8. The Morgan fingerprint density at radius 2 is 0.727 bits per heavy atom. The van der Waals surface area contributed by atoms with Gasteiger partial charge in [0.2, 0.25) is 0 Å². The molecule has 0 fully saturated rings. The maximum Gasteiger partial charge on any atom is 0.416 e. The molecule has 0 amide bonds. The Morgan fingerprint density at radius 3 is 1.13 bits per heavy atom. The summed E-state index contributed by atoms with van der Waals surface area (Å²) in [5.41, 5.74) is 4.48. The highest BCUT2D eigenvalue weighted by atomic mass is 35.5. The molecule has 0 bridgehead atoms. The zero-order valence-corrected chi connectivity index (χ0v) is 35.7. The molecule has 0 aromatic heterocycles. The van der Waals surface area contributed by atoms with E-state index in [1.54, 1.807) is 32.9 Å². The lowest BCUT2D eigenvalue weighted by Gasteiger charge is -2.23. The zero-order valence-electron chi connectivity index (χ0n) is 34.9. The van der Waals surface area contributed by atoms with Gasteiger partial charge in [0.1, 0.15) is 5.82 Å². The lowest BCUT2D eigenvalue weighted by molar-refractivity contribution is -0.138. The van der Waals surface area contributed by atoms with E-state index in [-0.39, 0.29) is 22.1 Å². The van der Waals surface area contributed by atoms with Gasteiger partial charge in [-0.25, -0.2) is 4.39 Å². The summed E-state index contributed by atoms with van der Waals surface area (Å²) in [6.45, 7) is 27.0. The monoisotopic (exact) mass is 770 g/mol. The van der Waals surface area contributed by atoms with Crippen LogP contribution in [0.5, 0.6) is 0 Å². The lowest BCUT2D eigenvalue weighted by Crippen LogP contribution is -2.19. The van der Waals surface area contributed by atoms with Crippen LogP contribution in [0.2, 0.25) is 5.02 Å². The van der Waals surface area contributed by atoms with E-state index >= 15 is 0 Å². The van der Waals surface area contributed by atoms with E-state index in [2.05, 4.69) is 109 Å². The van der Waals surface area contributed by atoms with Gasteiger partial charge in [-0.3, -0.25) is 0 Å². The van der Waals surface area contributed by atoms with Crippen molar-refractivity contribution in [1.82, 2.24) is 0 Å². The first kappa shape index (κ1) is 45.2. The number of halogens is 5. The fourth-order valence-corrected chi connectivity index (χ4v) is 6.81. The minimum absolute atomic E-state index is 0.0919. The number of aryl methyl sites for hydroxylation is 1. The Bertz CT molecular complexity index is 2030. The van der Waals surface area contributed by atoms with Crippen molar-refractivity contribution in [2.75, 3.05) is 0 Å². The SMILES string of the molecule is CC(C)(C)c1cccc2cccc(Cl)c12.CC(C)(C)c1ccccc1C(F)(F)F.CC(C)(C)c1ccccc1F.Cc1cccc2cccc(C(C)(C)C)c12. The molecule has 0 N–H and O–H groups in total. The summed E-state index contributed by atoms with van der Waals surface area (Å²) in [6, 6.07) is 38.1. The van der Waals surface area contributed by atoms with Crippen LogP contribution in [0.1, 0.15) is 116 Å². The van der Waals surface area contributed by atoms with Crippen molar-refractivity contribution in [1.29, 1.82) is 0 Å². The Labute approximate surface area is 333 Å². The fraction of sp³-hybridized carbons (Fsp3) is 0.360. The van der Waals surface area contributed by atoms with Crippen molar-refractivity contribution in [3.63, 3.8) is 0 Å². The first-order chi connectivity index (χ1) is 25.2. The van der Waals surface area contributed by atoms with Gasteiger partial charge in [-0.05, 0) is 90.8 Å². The molecule has 294 valence electrons. The second-order valence-corrected chi connectivity index (χ2v) is 18.6. The van der Waals surface area contributed by atoms with Crippen molar-refractivity contribution in [3.8, 4) is 0 Å². The molecule has 0 nitrogen and oxygen atoms in total. The van der Waals surface area contributed by atoms with Crippen LogP contribution in [0.3, 0.4) is 0 Å². The molecule has 0 radical (unpaired) electrons. The minimum Gasteiger partial charge on any atom is -0.207 e. The van der Waals surface area contributed by atoms with Crippen LogP contribution < -0.4 is 0 Å². The Kier molecular flexibility index (Phi) is 14.6. The third kappa shape index (κ3) is 12.4. The van der Waals surface area contributed by atoms with Crippen LogP contribution in [0.4, 0.5) is 17.6 Å². The van der Waals surface area contributed by atoms with E-state index in [1.807, 2.05) is 45.0 Å². The minimum atomic E-state index is -4.26. The lowest BCUT2D eigenvalue weighted by atomic mass is 9.82. The molecule has 6 aromatic carbocycles. The van der Waals surface area contributed by atoms with E-state index in [0.29, 0.717) is 5.56 Å². The average molecular weight is 771 g/mol. The Morgan fingerprint density at radius 1 is 0.382 bits per heavy atom. The molecule has 0 aliphatic heterocycles. The molecule has 6 rings (SSSR count). The molecule has 5 heteroatoms. The van der Waals surface area contributed by atoms with Gasteiger partial charge in [0, 0.05) is 10.4 Å². The molecule has 0 atom stereocenters. The quantitative estimate of drug-likeness (QED) is 0.135. The summed E-state index contributed by atoms with van der Waals surface area (Å²) in [7, 11) is 0. The van der Waals surface area contributed by atoms with Crippen molar-refractivity contribution in [2.45, 2.75) is 118 Å². The van der Waals surface area contributed by atoms with Crippen LogP contribution in [0, 0.1) is 12.7 Å². The maximum atomic E-state index is 13.1. The van der Waals surface area contributed by atoms with Gasteiger partial charge in [0.05, 0.1) is 5.56 Å². The van der Waals surface area contributed by atoms with Crippen LogP contribution in [0.15, 0.2) is 121 Å². The van der Waals surface area contributed by atoms with Gasteiger partial charge in [-0.1, -0.05) is 198 Å². The summed E-state index contributed by atoms with van der Waals surface area (Å²) in [6.07, 6.45) is -4.26. The Balaban J connectivity index is 0.000000198. The van der Waals surface area contributed by atoms with Gasteiger partial charge in [-0.15, -0.1) is 0 Å². The van der Waals surface area contributed by atoms with Crippen molar-refractivity contribution in [2.24, 2.45) is 0 Å². The summed E-state index contributed by atoms with van der Waals surface area (Å²) in [4.78, 5) is 0. The normalized spacial score (nSPS) is 12.2. The smallest absolute Gasteiger partial charge is 0.207 e. The molecule has 0 saturated carbocycles. The van der Waals surface area contributed by atoms with E-state index in [4.69, 9.17) is 11.6 Å². The summed E-state index contributed by atoms with van der Waals surface area (Å²) < 4.78 is 50.8. The van der Waals surface area contributed by atoms with Gasteiger partial charge >= 0.3 is 6.18 Å². The molecule has 0 unspecified atom stereocenters. The molecular weight excluding hydrogens is 712 g/mol. The largest absolute Gasteiger partial charge is 0.416 e. The topological polar surface area (TPSA) is 0 Å². The number of benzene rings is 6. The second kappa shape index (κ2) is 17.8. The van der Waals surface area contributed by atoms with Gasteiger partial charge in [0.25, 0.3) is 0 Å². The number of fused-ring (bicyclic) bond motifs is 2. The van der Waals surface area contributed by atoms with E-state index in [1.165, 1.54) is 56.4 Å². The van der Waals surface area contributed by atoms with Crippen LogP contribution >= 0.6 is 11.6 Å². The maximum absolute atomic E-state index is 13.1. The third-order valence-corrected chi connectivity index (χ3v) is 9.62. The highest BCUT2D eigenvalue weighted by Crippen LogP contribution is 2.37. The standard InChI is InChI=1S/C15H18.C14H15Cl.C11H13F3.C10H13F/c1-11-7-5-8-12-9-6-10-13(14(11)12)15(2,3)4;1-14(2,3)11-8-4-6-10-7-5-9-12(15)13(10)11;1-10(2,3)8-6-4-5-7-9(8)11(12,13)14;1-10(2,3)8-6-4-5-7-9(8)11/h5-10H,1-4H3;4-9H,1-3H3;4-7H,1-3H3;4-7H,1-3H3. The van der Waals surface area contributed by atoms with Crippen LogP contribution in [0.25, 0.3) is 21.5 Å². The molecule has 6 aromatic rings. The number of hydrogen-bond acceptors (Lipinski definition) is 0. The van der Waals surface area contributed by atoms with E-state index in [0.717, 1.165) is 16.7 Å². The second-order valence-electron chi connectivity index (χ2n) is 18.1. The predicted molar refractivity (Wildman–Crippen MR) is 230 cm³/mol. The van der Waals surface area contributed by atoms with Gasteiger partial charge in [0.15, 0.2) is 0 Å². The predicted octanol–water partition coefficient (Wildman–Crippen LogP) is 16.4. The summed E-state index contributed by atoms with van der Waals surface area (Å²) in [5, 5.41) is 6.03. The zero-order chi connectivity index (χ0) is 41.6. The van der Waals surface area contributed by atoms with Crippen molar-refractivity contribution < 1.29 is 17.6 Å². The van der Waals surface area contributed by atoms with Gasteiger partial charge in [-0.2, -0.15) is 13.2 Å². The average Bonchev–Trinajstić information content (AvgIpc) is 3.07. The van der Waals surface area contributed by atoms with Crippen molar-refractivity contribution in [3.05, 3.63) is 166 Å². The van der Waals surface area contributed by atoms with Gasteiger partial charge < -0.3 is 0 Å². The molecular formula is C50H59ClF4. The van der Waals surface area contributed by atoms with Crippen molar-refractivity contribution >= 4 is 33.1 Å². The van der Waals surface area contributed by atoms with Crippen LogP contribution in [-0.2, 0) is 27.8 Å². The Hall–Kier alpha value is -4.15. The highest BCUT2D eigenvalue weighted by molar-refractivity contribution is 6.35.